The van der Waals surface area contributed by atoms with E-state index >= 15 is 0 Å². The molecule has 28 heavy (non-hydrogen) atoms. The number of carbonyl (C=O) groups is 1. The lowest BCUT2D eigenvalue weighted by Gasteiger charge is -2.23. The van der Waals surface area contributed by atoms with E-state index in [2.05, 4.69) is 16.4 Å². The topological polar surface area (TPSA) is 63.7 Å². The number of anilines is 1. The fourth-order valence-electron chi connectivity index (χ4n) is 3.03. The van der Waals surface area contributed by atoms with Crippen molar-refractivity contribution in [2.75, 3.05) is 25.6 Å². The van der Waals surface area contributed by atoms with Crippen molar-refractivity contribution in [1.82, 2.24) is 9.88 Å². The molecule has 1 atom stereocenters. The van der Waals surface area contributed by atoms with Crippen LogP contribution >= 0.6 is 11.3 Å². The normalized spacial score (nSPS) is 14.7. The van der Waals surface area contributed by atoms with Crippen molar-refractivity contribution in [2.45, 2.75) is 25.9 Å². The predicted molar refractivity (Wildman–Crippen MR) is 111 cm³/mol. The zero-order valence-electron chi connectivity index (χ0n) is 16.0. The minimum atomic E-state index is -0.303. The third-order valence-electron chi connectivity index (χ3n) is 4.78. The summed E-state index contributed by atoms with van der Waals surface area (Å²) >= 11 is 1.66. The molecule has 1 amide bonds. The van der Waals surface area contributed by atoms with Crippen molar-refractivity contribution in [3.63, 3.8) is 0 Å². The van der Waals surface area contributed by atoms with Crippen LogP contribution in [0, 0.1) is 0 Å². The van der Waals surface area contributed by atoms with Crippen LogP contribution in [0.25, 0.3) is 10.2 Å². The second-order valence-electron chi connectivity index (χ2n) is 6.87. The summed E-state index contributed by atoms with van der Waals surface area (Å²) in [6, 6.07) is 13.3. The molecule has 1 aromatic heterocycles. The van der Waals surface area contributed by atoms with Crippen LogP contribution in [0.3, 0.4) is 0 Å². The minimum absolute atomic E-state index is 0.0712. The second kappa shape index (κ2) is 8.16. The monoisotopic (exact) mass is 397 g/mol. The standard InChI is InChI=1S/C21H23N3O3S/c1-14(24(2)13-20-23-16-6-3-4-7-19(16)28-20)21(25)22-15-8-9-17-18(12-15)27-11-5-10-26-17/h3-4,6-9,12,14H,5,10-11,13H2,1-2H3,(H,22,25). The summed E-state index contributed by atoms with van der Waals surface area (Å²) in [5.74, 6) is 1.32. The largest absolute Gasteiger partial charge is 0.490 e. The highest BCUT2D eigenvalue weighted by atomic mass is 32.1. The maximum atomic E-state index is 12.7. The number of carbonyl (C=O) groups excluding carboxylic acids is 1. The molecule has 2 aromatic carbocycles. The Morgan fingerprint density at radius 3 is 2.82 bits per heavy atom. The molecule has 0 spiro atoms. The van der Waals surface area contributed by atoms with E-state index in [1.165, 1.54) is 0 Å². The summed E-state index contributed by atoms with van der Waals surface area (Å²) in [5.41, 5.74) is 1.70. The van der Waals surface area contributed by atoms with Crippen molar-refractivity contribution in [3.8, 4) is 11.5 Å². The van der Waals surface area contributed by atoms with Gasteiger partial charge in [-0.1, -0.05) is 12.1 Å². The van der Waals surface area contributed by atoms with Crippen molar-refractivity contribution < 1.29 is 14.3 Å². The minimum Gasteiger partial charge on any atom is -0.490 e. The Balaban J connectivity index is 1.40. The molecular formula is C21H23N3O3S. The number of nitrogens with one attached hydrogen (secondary N) is 1. The van der Waals surface area contributed by atoms with Crippen molar-refractivity contribution >= 4 is 33.1 Å². The van der Waals surface area contributed by atoms with E-state index < -0.39 is 0 Å². The quantitative estimate of drug-likeness (QED) is 0.707. The van der Waals surface area contributed by atoms with Crippen molar-refractivity contribution in [1.29, 1.82) is 0 Å². The summed E-state index contributed by atoms with van der Waals surface area (Å²) in [7, 11) is 1.93. The average molecular weight is 398 g/mol. The van der Waals surface area contributed by atoms with E-state index in [0.29, 0.717) is 31.2 Å². The molecule has 1 N–H and O–H groups in total. The lowest BCUT2D eigenvalue weighted by atomic mass is 10.2. The molecule has 1 aliphatic heterocycles. The van der Waals surface area contributed by atoms with Gasteiger partial charge in [-0.2, -0.15) is 0 Å². The molecule has 0 aliphatic carbocycles. The van der Waals surface area contributed by atoms with E-state index in [-0.39, 0.29) is 11.9 Å². The van der Waals surface area contributed by atoms with Gasteiger partial charge in [0.1, 0.15) is 5.01 Å². The first kappa shape index (κ1) is 18.7. The van der Waals surface area contributed by atoms with Gasteiger partial charge in [0.25, 0.3) is 0 Å². The molecule has 6 nitrogen and oxygen atoms in total. The molecule has 0 fully saturated rings. The molecule has 2 heterocycles. The number of likely N-dealkylation sites (N-methyl/N-ethyl adjacent to an activating group) is 1. The van der Waals surface area contributed by atoms with Gasteiger partial charge in [-0.05, 0) is 38.2 Å². The van der Waals surface area contributed by atoms with Gasteiger partial charge in [0.05, 0.1) is 36.0 Å². The predicted octanol–water partition coefficient (Wildman–Crippen LogP) is 3.92. The fourth-order valence-corrected chi connectivity index (χ4v) is 4.06. The molecule has 1 unspecified atom stereocenters. The van der Waals surface area contributed by atoms with E-state index in [0.717, 1.165) is 27.4 Å². The molecule has 3 aromatic rings. The third kappa shape index (κ3) is 4.10. The van der Waals surface area contributed by atoms with E-state index in [4.69, 9.17) is 9.47 Å². The van der Waals surface area contributed by atoms with Gasteiger partial charge in [-0.15, -0.1) is 11.3 Å². The molecule has 0 bridgehead atoms. The number of nitrogens with zero attached hydrogens (tertiary/aromatic N) is 2. The summed E-state index contributed by atoms with van der Waals surface area (Å²) < 4.78 is 12.5. The summed E-state index contributed by atoms with van der Waals surface area (Å²) in [6.45, 7) is 3.78. The fraction of sp³-hybridized carbons (Fsp3) is 0.333. The molecule has 0 radical (unpaired) electrons. The highest BCUT2D eigenvalue weighted by molar-refractivity contribution is 7.18. The van der Waals surface area contributed by atoms with Gasteiger partial charge in [0, 0.05) is 18.2 Å². The molecule has 1 aliphatic rings. The Kier molecular flexibility index (Phi) is 5.45. The SMILES string of the molecule is CC(C(=O)Nc1ccc2c(c1)OCCCO2)N(C)Cc1nc2ccccc2s1. The molecule has 146 valence electrons. The number of rotatable bonds is 5. The highest BCUT2D eigenvalue weighted by Gasteiger charge is 2.20. The molecule has 0 saturated heterocycles. The van der Waals surface area contributed by atoms with Crippen LogP contribution in [0.2, 0.25) is 0 Å². The van der Waals surface area contributed by atoms with Gasteiger partial charge in [-0.25, -0.2) is 4.98 Å². The number of amides is 1. The van der Waals surface area contributed by atoms with Gasteiger partial charge < -0.3 is 14.8 Å². The molecular weight excluding hydrogens is 374 g/mol. The number of hydrogen-bond donors (Lipinski definition) is 1. The number of para-hydroxylation sites is 1. The zero-order chi connectivity index (χ0) is 19.5. The number of thiazole rings is 1. The Hall–Kier alpha value is -2.64. The third-order valence-corrected chi connectivity index (χ3v) is 5.80. The van der Waals surface area contributed by atoms with Crippen molar-refractivity contribution in [2.24, 2.45) is 0 Å². The Bertz CT molecular complexity index is 955. The number of ether oxygens (including phenoxy) is 2. The van der Waals surface area contributed by atoms with Gasteiger partial charge in [0.15, 0.2) is 11.5 Å². The zero-order valence-corrected chi connectivity index (χ0v) is 16.8. The smallest absolute Gasteiger partial charge is 0.241 e. The first-order valence-corrected chi connectivity index (χ1v) is 10.2. The average Bonchev–Trinajstić information content (AvgIpc) is 2.95. The van der Waals surface area contributed by atoms with E-state index in [9.17, 15) is 4.79 Å². The molecule has 4 rings (SSSR count). The highest BCUT2D eigenvalue weighted by Crippen LogP contribution is 2.32. The molecule has 7 heteroatoms. The number of fused-ring (bicyclic) bond motifs is 2. The van der Waals surface area contributed by atoms with Crippen LogP contribution in [0.5, 0.6) is 11.5 Å². The first-order chi connectivity index (χ1) is 13.6. The summed E-state index contributed by atoms with van der Waals surface area (Å²) in [5, 5.41) is 3.97. The van der Waals surface area contributed by atoms with E-state index in [1.54, 1.807) is 11.3 Å². The van der Waals surface area contributed by atoms with Crippen molar-refractivity contribution in [3.05, 3.63) is 47.5 Å². The number of aromatic nitrogens is 1. The maximum Gasteiger partial charge on any atom is 0.241 e. The van der Waals surface area contributed by atoms with Gasteiger partial charge in [-0.3, -0.25) is 9.69 Å². The Labute approximate surface area is 168 Å². The van der Waals surface area contributed by atoms with E-state index in [1.807, 2.05) is 55.3 Å². The van der Waals surface area contributed by atoms with Gasteiger partial charge in [0.2, 0.25) is 5.91 Å². The number of benzene rings is 2. The van der Waals surface area contributed by atoms with Gasteiger partial charge >= 0.3 is 0 Å². The number of hydrogen-bond acceptors (Lipinski definition) is 6. The van der Waals surface area contributed by atoms with Crippen LogP contribution in [-0.2, 0) is 11.3 Å². The van der Waals surface area contributed by atoms with Crippen LogP contribution < -0.4 is 14.8 Å². The van der Waals surface area contributed by atoms with Crippen LogP contribution in [-0.4, -0.2) is 42.1 Å². The first-order valence-electron chi connectivity index (χ1n) is 9.35. The lowest BCUT2D eigenvalue weighted by Crippen LogP contribution is -2.39. The van der Waals surface area contributed by atoms with Crippen LogP contribution in [0.4, 0.5) is 5.69 Å². The van der Waals surface area contributed by atoms with Crippen LogP contribution in [0.15, 0.2) is 42.5 Å². The maximum absolute atomic E-state index is 12.7. The summed E-state index contributed by atoms with van der Waals surface area (Å²) in [4.78, 5) is 19.4. The Morgan fingerprint density at radius 1 is 1.21 bits per heavy atom. The Morgan fingerprint density at radius 2 is 2.00 bits per heavy atom. The summed E-state index contributed by atoms with van der Waals surface area (Å²) in [6.07, 6.45) is 0.851. The molecule has 0 saturated carbocycles. The second-order valence-corrected chi connectivity index (χ2v) is 7.98. The van der Waals surface area contributed by atoms with Crippen LogP contribution in [0.1, 0.15) is 18.4 Å². The lowest BCUT2D eigenvalue weighted by molar-refractivity contribution is -0.120.